The lowest BCUT2D eigenvalue weighted by Gasteiger charge is -2.41. The Morgan fingerprint density at radius 1 is 1.18 bits per heavy atom. The molecule has 0 saturated heterocycles. The number of rotatable bonds is 4. The van der Waals surface area contributed by atoms with Gasteiger partial charge in [0, 0.05) is 16.5 Å². The maximum atomic E-state index is 3.73. The summed E-state index contributed by atoms with van der Waals surface area (Å²) in [5.41, 5.74) is 0.572. The fourth-order valence-electron chi connectivity index (χ4n) is 3.43. The summed E-state index contributed by atoms with van der Waals surface area (Å²) in [5, 5.41) is 5.56. The lowest BCUT2D eigenvalue weighted by molar-refractivity contribution is 0.215. The van der Waals surface area contributed by atoms with Crippen LogP contribution in [0.5, 0.6) is 0 Å². The van der Waals surface area contributed by atoms with Crippen molar-refractivity contribution in [2.75, 3.05) is 6.54 Å². The van der Waals surface area contributed by atoms with Gasteiger partial charge >= 0.3 is 0 Å². The maximum Gasteiger partial charge on any atom is 0.0209 e. The van der Waals surface area contributed by atoms with Crippen LogP contribution in [0.1, 0.15) is 65.7 Å². The van der Waals surface area contributed by atoms with Gasteiger partial charge in [0.15, 0.2) is 0 Å². The van der Waals surface area contributed by atoms with Crippen LogP contribution in [-0.4, -0.2) is 23.1 Å². The molecule has 2 fully saturated rings. The smallest absolute Gasteiger partial charge is 0.0209 e. The van der Waals surface area contributed by atoms with E-state index in [-0.39, 0.29) is 0 Å². The number of hydrogen-bond donors (Lipinski definition) is 1. The summed E-state index contributed by atoms with van der Waals surface area (Å²) < 4.78 is 0. The molecule has 2 unspecified atom stereocenters. The quantitative estimate of drug-likeness (QED) is 0.807. The van der Waals surface area contributed by atoms with Gasteiger partial charge in [0.25, 0.3) is 0 Å². The van der Waals surface area contributed by atoms with Crippen molar-refractivity contribution < 1.29 is 0 Å². The van der Waals surface area contributed by atoms with Gasteiger partial charge in [-0.25, -0.2) is 0 Å². The molecule has 0 bridgehead atoms. The van der Waals surface area contributed by atoms with E-state index in [1.54, 1.807) is 0 Å². The summed E-state index contributed by atoms with van der Waals surface area (Å²) in [4.78, 5) is 0. The van der Waals surface area contributed by atoms with Crippen molar-refractivity contribution in [3.8, 4) is 0 Å². The van der Waals surface area contributed by atoms with E-state index in [9.17, 15) is 0 Å². The lowest BCUT2D eigenvalue weighted by atomic mass is 9.75. The van der Waals surface area contributed by atoms with Gasteiger partial charge in [-0.05, 0) is 44.1 Å². The van der Waals surface area contributed by atoms with Crippen LogP contribution in [0.25, 0.3) is 0 Å². The average Bonchev–Trinajstić information content (AvgIpc) is 2.74. The molecule has 0 aromatic rings. The molecule has 2 aliphatic rings. The summed E-state index contributed by atoms with van der Waals surface area (Å²) in [6.07, 6.45) is 10.1. The number of hydrogen-bond acceptors (Lipinski definition) is 2. The van der Waals surface area contributed by atoms with E-state index in [0.29, 0.717) is 5.41 Å². The van der Waals surface area contributed by atoms with Crippen molar-refractivity contribution in [2.45, 2.75) is 82.3 Å². The van der Waals surface area contributed by atoms with Crippen molar-refractivity contribution in [3.63, 3.8) is 0 Å². The second kappa shape index (κ2) is 5.97. The highest BCUT2D eigenvalue weighted by Gasteiger charge is 2.36. The standard InChI is InChI=1S/C15H29NS/c1-4-16-13-9-10-15(2,3)11-14(13)17-12-7-5-6-8-12/h12-14,16H,4-11H2,1-3H3. The molecule has 2 atom stereocenters. The zero-order valence-corrected chi connectivity index (χ0v) is 12.6. The molecule has 0 aromatic carbocycles. The van der Waals surface area contributed by atoms with Crippen molar-refractivity contribution >= 4 is 11.8 Å². The van der Waals surface area contributed by atoms with Gasteiger partial charge in [-0.3, -0.25) is 0 Å². The third-order valence-corrected chi connectivity index (χ3v) is 6.17. The Hall–Kier alpha value is 0.310. The average molecular weight is 255 g/mol. The third kappa shape index (κ3) is 3.89. The molecule has 2 aliphatic carbocycles. The summed E-state index contributed by atoms with van der Waals surface area (Å²) in [5.74, 6) is 0. The monoisotopic (exact) mass is 255 g/mol. The Kier molecular flexibility index (Phi) is 4.82. The van der Waals surface area contributed by atoms with Crippen molar-refractivity contribution in [1.82, 2.24) is 5.32 Å². The zero-order valence-electron chi connectivity index (χ0n) is 11.8. The highest BCUT2D eigenvalue weighted by molar-refractivity contribution is 8.00. The summed E-state index contributed by atoms with van der Waals surface area (Å²) in [7, 11) is 0. The number of thioether (sulfide) groups is 1. The van der Waals surface area contributed by atoms with E-state index in [2.05, 4.69) is 37.8 Å². The summed E-state index contributed by atoms with van der Waals surface area (Å²) in [6, 6.07) is 0.777. The van der Waals surface area contributed by atoms with Crippen LogP contribution >= 0.6 is 11.8 Å². The van der Waals surface area contributed by atoms with Gasteiger partial charge in [0.1, 0.15) is 0 Å². The fourth-order valence-corrected chi connectivity index (χ4v) is 5.50. The van der Waals surface area contributed by atoms with Gasteiger partial charge in [-0.1, -0.05) is 33.6 Å². The molecule has 17 heavy (non-hydrogen) atoms. The topological polar surface area (TPSA) is 12.0 Å². The minimum atomic E-state index is 0.572. The molecule has 100 valence electrons. The Labute approximate surface area is 112 Å². The van der Waals surface area contributed by atoms with E-state index in [4.69, 9.17) is 0 Å². The molecule has 2 saturated carbocycles. The first-order valence-electron chi connectivity index (χ1n) is 7.49. The van der Waals surface area contributed by atoms with E-state index < -0.39 is 0 Å². The molecule has 0 spiro atoms. The number of nitrogens with one attached hydrogen (secondary N) is 1. The van der Waals surface area contributed by atoms with Gasteiger partial charge in [-0.15, -0.1) is 0 Å². The van der Waals surface area contributed by atoms with Crippen LogP contribution < -0.4 is 5.32 Å². The molecule has 0 heterocycles. The Morgan fingerprint density at radius 2 is 1.88 bits per heavy atom. The van der Waals surface area contributed by atoms with Crippen LogP contribution in [0, 0.1) is 5.41 Å². The molecular weight excluding hydrogens is 226 g/mol. The predicted molar refractivity (Wildman–Crippen MR) is 78.7 cm³/mol. The summed E-state index contributed by atoms with van der Waals surface area (Å²) in [6.45, 7) is 8.29. The van der Waals surface area contributed by atoms with Gasteiger partial charge < -0.3 is 5.32 Å². The van der Waals surface area contributed by atoms with Crippen molar-refractivity contribution in [1.29, 1.82) is 0 Å². The fraction of sp³-hybridized carbons (Fsp3) is 1.00. The van der Waals surface area contributed by atoms with Crippen molar-refractivity contribution in [2.24, 2.45) is 5.41 Å². The Bertz CT molecular complexity index is 233. The largest absolute Gasteiger partial charge is 0.313 e. The highest BCUT2D eigenvalue weighted by atomic mass is 32.2. The minimum Gasteiger partial charge on any atom is -0.313 e. The van der Waals surface area contributed by atoms with E-state index >= 15 is 0 Å². The molecule has 1 nitrogen and oxygen atoms in total. The van der Waals surface area contributed by atoms with Gasteiger partial charge in [0.05, 0.1) is 0 Å². The molecule has 2 heteroatoms. The van der Waals surface area contributed by atoms with Gasteiger partial charge in [0.2, 0.25) is 0 Å². The molecule has 0 aliphatic heterocycles. The van der Waals surface area contributed by atoms with Crippen LogP contribution in [0.4, 0.5) is 0 Å². The highest BCUT2D eigenvalue weighted by Crippen LogP contribution is 2.44. The van der Waals surface area contributed by atoms with E-state index in [1.807, 2.05) is 0 Å². The van der Waals surface area contributed by atoms with Crippen LogP contribution in [0.15, 0.2) is 0 Å². The van der Waals surface area contributed by atoms with Crippen LogP contribution in [0.2, 0.25) is 0 Å². The Balaban J connectivity index is 1.92. The van der Waals surface area contributed by atoms with Gasteiger partial charge in [-0.2, -0.15) is 11.8 Å². The molecule has 0 radical (unpaired) electrons. The third-order valence-electron chi connectivity index (χ3n) is 4.47. The predicted octanol–water partition coefficient (Wildman–Crippen LogP) is 4.22. The SMILES string of the molecule is CCNC1CCC(C)(C)CC1SC1CCCC1. The molecule has 1 N–H and O–H groups in total. The normalized spacial score (nSPS) is 34.1. The lowest BCUT2D eigenvalue weighted by Crippen LogP contribution is -2.45. The second-order valence-corrected chi connectivity index (χ2v) is 8.20. The first kappa shape index (κ1) is 13.7. The van der Waals surface area contributed by atoms with E-state index in [0.717, 1.165) is 23.1 Å². The van der Waals surface area contributed by atoms with Crippen LogP contribution in [0.3, 0.4) is 0 Å². The van der Waals surface area contributed by atoms with Crippen LogP contribution in [-0.2, 0) is 0 Å². The molecule has 2 rings (SSSR count). The minimum absolute atomic E-state index is 0.572. The molecule has 0 aromatic heterocycles. The molecule has 0 amide bonds. The molecular formula is C15H29NS. The van der Waals surface area contributed by atoms with E-state index in [1.165, 1.54) is 44.9 Å². The summed E-state index contributed by atoms with van der Waals surface area (Å²) >= 11 is 2.32. The van der Waals surface area contributed by atoms with Crippen molar-refractivity contribution in [3.05, 3.63) is 0 Å². The zero-order chi connectivity index (χ0) is 12.3. The first-order valence-corrected chi connectivity index (χ1v) is 8.44. The maximum absolute atomic E-state index is 3.73. The Morgan fingerprint density at radius 3 is 2.53 bits per heavy atom. The second-order valence-electron chi connectivity index (χ2n) is 6.65. The first-order chi connectivity index (χ1) is 8.11.